The van der Waals surface area contributed by atoms with Crippen molar-refractivity contribution in [3.05, 3.63) is 59.4 Å². The number of furan rings is 1. The molecule has 0 atom stereocenters. The highest BCUT2D eigenvalue weighted by Crippen LogP contribution is 2.32. The van der Waals surface area contributed by atoms with Crippen LogP contribution in [-0.2, 0) is 9.59 Å². The van der Waals surface area contributed by atoms with E-state index < -0.39 is 17.1 Å². The molecular weight excluding hydrogens is 316 g/mol. The highest BCUT2D eigenvalue weighted by molar-refractivity contribution is 8.18. The number of anilines is 1. The lowest BCUT2D eigenvalue weighted by Gasteiger charge is -2.12. The van der Waals surface area contributed by atoms with E-state index in [9.17, 15) is 14.4 Å². The van der Waals surface area contributed by atoms with Gasteiger partial charge >= 0.3 is 0 Å². The van der Waals surface area contributed by atoms with Crippen LogP contribution < -0.4 is 5.32 Å². The fourth-order valence-corrected chi connectivity index (χ4v) is 2.82. The number of hydrogen-bond acceptors (Lipinski definition) is 5. The first kappa shape index (κ1) is 15.1. The summed E-state index contributed by atoms with van der Waals surface area (Å²) in [4.78, 5) is 37.3. The molecule has 0 bridgehead atoms. The molecule has 1 N–H and O–H groups in total. The van der Waals surface area contributed by atoms with Gasteiger partial charge in [0, 0.05) is 11.8 Å². The molecule has 6 nitrogen and oxygen atoms in total. The van der Waals surface area contributed by atoms with E-state index in [-0.39, 0.29) is 11.4 Å². The highest BCUT2D eigenvalue weighted by atomic mass is 32.2. The van der Waals surface area contributed by atoms with Gasteiger partial charge in [-0.3, -0.25) is 19.3 Å². The predicted molar refractivity (Wildman–Crippen MR) is 86.5 cm³/mol. The highest BCUT2D eigenvalue weighted by Gasteiger charge is 2.36. The summed E-state index contributed by atoms with van der Waals surface area (Å²) in [5.41, 5.74) is 0.607. The van der Waals surface area contributed by atoms with E-state index in [0.717, 1.165) is 16.7 Å². The fraction of sp³-hybridized carbons (Fsp3) is 0.0625. The van der Waals surface area contributed by atoms with Crippen molar-refractivity contribution in [1.82, 2.24) is 4.90 Å². The SMILES string of the molecule is O=C(CN1C(=O)S/C(=C/c2ccco2)C1=O)Nc1ccccc1. The summed E-state index contributed by atoms with van der Waals surface area (Å²) in [6.07, 6.45) is 2.96. The fourth-order valence-electron chi connectivity index (χ4n) is 2.00. The Morgan fingerprint density at radius 3 is 2.65 bits per heavy atom. The Balaban J connectivity index is 1.67. The van der Waals surface area contributed by atoms with E-state index in [0.29, 0.717) is 11.4 Å². The van der Waals surface area contributed by atoms with Gasteiger partial charge in [-0.1, -0.05) is 18.2 Å². The Morgan fingerprint density at radius 2 is 1.96 bits per heavy atom. The van der Waals surface area contributed by atoms with Crippen molar-refractivity contribution in [2.75, 3.05) is 11.9 Å². The third kappa shape index (κ3) is 3.51. The van der Waals surface area contributed by atoms with Crippen molar-refractivity contribution >= 4 is 40.6 Å². The molecule has 0 saturated carbocycles. The number of amides is 3. The monoisotopic (exact) mass is 328 g/mol. The number of carbonyl (C=O) groups excluding carboxylic acids is 3. The van der Waals surface area contributed by atoms with E-state index >= 15 is 0 Å². The van der Waals surface area contributed by atoms with Gasteiger partial charge < -0.3 is 9.73 Å². The van der Waals surface area contributed by atoms with E-state index in [4.69, 9.17) is 4.42 Å². The molecule has 3 rings (SSSR count). The van der Waals surface area contributed by atoms with Crippen LogP contribution in [0.25, 0.3) is 6.08 Å². The van der Waals surface area contributed by atoms with Gasteiger partial charge in [-0.2, -0.15) is 0 Å². The van der Waals surface area contributed by atoms with Crippen LogP contribution >= 0.6 is 11.8 Å². The van der Waals surface area contributed by atoms with Gasteiger partial charge in [-0.05, 0) is 36.0 Å². The normalized spacial score (nSPS) is 16.2. The number of rotatable bonds is 4. The summed E-state index contributed by atoms with van der Waals surface area (Å²) < 4.78 is 5.12. The van der Waals surface area contributed by atoms with Gasteiger partial charge in [0.2, 0.25) is 5.91 Å². The maximum Gasteiger partial charge on any atom is 0.294 e. The van der Waals surface area contributed by atoms with Crippen molar-refractivity contribution in [3.8, 4) is 0 Å². The van der Waals surface area contributed by atoms with Crippen LogP contribution in [0.5, 0.6) is 0 Å². The van der Waals surface area contributed by atoms with Crippen molar-refractivity contribution in [2.24, 2.45) is 0 Å². The zero-order valence-electron chi connectivity index (χ0n) is 11.9. The van der Waals surface area contributed by atoms with Crippen LogP contribution in [0, 0.1) is 0 Å². The first-order valence-corrected chi connectivity index (χ1v) is 7.59. The minimum atomic E-state index is -0.500. The molecule has 0 unspecified atom stereocenters. The van der Waals surface area contributed by atoms with Gasteiger partial charge in [0.25, 0.3) is 11.1 Å². The Kier molecular flexibility index (Phi) is 4.29. The van der Waals surface area contributed by atoms with Crippen molar-refractivity contribution in [2.45, 2.75) is 0 Å². The number of benzene rings is 1. The smallest absolute Gasteiger partial charge is 0.294 e. The lowest BCUT2D eigenvalue weighted by atomic mass is 10.3. The molecule has 3 amide bonds. The molecule has 0 aliphatic carbocycles. The number of para-hydroxylation sites is 1. The lowest BCUT2D eigenvalue weighted by Crippen LogP contribution is -2.36. The summed E-state index contributed by atoms with van der Waals surface area (Å²) in [7, 11) is 0. The minimum Gasteiger partial charge on any atom is -0.465 e. The van der Waals surface area contributed by atoms with Crippen LogP contribution in [0.2, 0.25) is 0 Å². The van der Waals surface area contributed by atoms with E-state index in [1.54, 1.807) is 36.4 Å². The molecule has 1 aromatic heterocycles. The van der Waals surface area contributed by atoms with Crippen LogP contribution in [0.15, 0.2) is 58.1 Å². The Labute approximate surface area is 136 Å². The number of nitrogens with one attached hydrogen (secondary N) is 1. The lowest BCUT2D eigenvalue weighted by molar-refractivity contribution is -0.127. The summed E-state index contributed by atoms with van der Waals surface area (Å²) in [5.74, 6) is -0.457. The molecule has 0 spiro atoms. The van der Waals surface area contributed by atoms with Crippen LogP contribution in [-0.4, -0.2) is 28.5 Å². The molecule has 0 radical (unpaired) electrons. The largest absolute Gasteiger partial charge is 0.465 e. The summed E-state index contributed by atoms with van der Waals surface area (Å²) in [5, 5.41) is 2.16. The zero-order valence-corrected chi connectivity index (χ0v) is 12.7. The van der Waals surface area contributed by atoms with Gasteiger partial charge in [0.15, 0.2) is 0 Å². The van der Waals surface area contributed by atoms with Crippen LogP contribution in [0.1, 0.15) is 5.76 Å². The molecule has 1 aliphatic heterocycles. The van der Waals surface area contributed by atoms with Crippen molar-refractivity contribution < 1.29 is 18.8 Å². The van der Waals surface area contributed by atoms with Gasteiger partial charge in [0.1, 0.15) is 12.3 Å². The Hall–Kier alpha value is -2.80. The Bertz CT molecular complexity index is 769. The van der Waals surface area contributed by atoms with E-state index in [2.05, 4.69) is 5.32 Å². The Morgan fingerprint density at radius 1 is 1.17 bits per heavy atom. The second-order valence-corrected chi connectivity index (χ2v) is 5.69. The first-order chi connectivity index (χ1) is 11.1. The summed E-state index contributed by atoms with van der Waals surface area (Å²) in [6, 6.07) is 12.2. The van der Waals surface area contributed by atoms with Crippen molar-refractivity contribution in [3.63, 3.8) is 0 Å². The molecule has 1 aromatic carbocycles. The second-order valence-electron chi connectivity index (χ2n) is 4.70. The number of hydrogen-bond donors (Lipinski definition) is 1. The summed E-state index contributed by atoms with van der Waals surface area (Å²) in [6.45, 7) is -0.324. The molecule has 116 valence electrons. The van der Waals surface area contributed by atoms with Gasteiger partial charge in [-0.15, -0.1) is 0 Å². The molecule has 1 fully saturated rings. The molecule has 1 saturated heterocycles. The predicted octanol–water partition coefficient (Wildman–Crippen LogP) is 2.95. The average Bonchev–Trinajstić information content (AvgIpc) is 3.13. The third-order valence-corrected chi connectivity index (χ3v) is 3.96. The van der Waals surface area contributed by atoms with Gasteiger partial charge in [-0.25, -0.2) is 0 Å². The maximum absolute atomic E-state index is 12.2. The number of imide groups is 1. The number of nitrogens with zero attached hydrogens (tertiary/aromatic N) is 1. The molecule has 7 heteroatoms. The standard InChI is InChI=1S/C16H12N2O4S/c19-14(17-11-5-2-1-3-6-11)10-18-15(20)13(23-16(18)21)9-12-7-4-8-22-12/h1-9H,10H2,(H,17,19)/b13-9+. The van der Waals surface area contributed by atoms with E-state index in [1.165, 1.54) is 12.3 Å². The molecule has 2 heterocycles. The van der Waals surface area contributed by atoms with Crippen molar-refractivity contribution in [1.29, 1.82) is 0 Å². The molecular formula is C16H12N2O4S. The summed E-state index contributed by atoms with van der Waals surface area (Å²) >= 11 is 0.787. The number of thioether (sulfide) groups is 1. The second kappa shape index (κ2) is 6.53. The van der Waals surface area contributed by atoms with Crippen LogP contribution in [0.3, 0.4) is 0 Å². The average molecular weight is 328 g/mol. The number of carbonyl (C=O) groups is 3. The quantitative estimate of drug-likeness (QED) is 0.873. The molecule has 23 heavy (non-hydrogen) atoms. The maximum atomic E-state index is 12.2. The molecule has 2 aromatic rings. The van der Waals surface area contributed by atoms with E-state index in [1.807, 2.05) is 6.07 Å². The third-order valence-electron chi connectivity index (χ3n) is 3.05. The first-order valence-electron chi connectivity index (χ1n) is 6.77. The topological polar surface area (TPSA) is 79.6 Å². The van der Waals surface area contributed by atoms with Crippen LogP contribution in [0.4, 0.5) is 10.5 Å². The zero-order chi connectivity index (χ0) is 16.2. The molecule has 1 aliphatic rings. The van der Waals surface area contributed by atoms with Gasteiger partial charge in [0.05, 0.1) is 11.2 Å². The minimum absolute atomic E-state index is 0.234.